The highest BCUT2D eigenvalue weighted by Crippen LogP contribution is 2.42. The van der Waals surface area contributed by atoms with Crippen molar-refractivity contribution in [2.24, 2.45) is 11.8 Å². The third-order valence-electron chi connectivity index (χ3n) is 3.76. The molecule has 0 radical (unpaired) electrons. The SMILES string of the molecule is Cc1ccc(S(=O)(=O)NC2C3CNCC32)c(Br)c1. The number of halogens is 1. The second kappa shape index (κ2) is 4.30. The van der Waals surface area contributed by atoms with Gasteiger partial charge in [0.2, 0.25) is 10.0 Å². The highest BCUT2D eigenvalue weighted by molar-refractivity contribution is 9.10. The third kappa shape index (κ3) is 2.11. The smallest absolute Gasteiger partial charge is 0.241 e. The molecule has 1 aliphatic heterocycles. The molecule has 18 heavy (non-hydrogen) atoms. The van der Waals surface area contributed by atoms with E-state index in [9.17, 15) is 8.42 Å². The average Bonchev–Trinajstić information content (AvgIpc) is 2.74. The lowest BCUT2D eigenvalue weighted by Gasteiger charge is -2.10. The minimum Gasteiger partial charge on any atom is -0.316 e. The molecule has 4 nitrogen and oxygen atoms in total. The predicted molar refractivity (Wildman–Crippen MR) is 72.8 cm³/mol. The van der Waals surface area contributed by atoms with Gasteiger partial charge in [-0.25, -0.2) is 13.1 Å². The fourth-order valence-corrected chi connectivity index (χ4v) is 5.19. The monoisotopic (exact) mass is 330 g/mol. The Balaban J connectivity index is 1.82. The Hall–Kier alpha value is -0.430. The minimum absolute atomic E-state index is 0.115. The molecular weight excluding hydrogens is 316 g/mol. The lowest BCUT2D eigenvalue weighted by Crippen LogP contribution is -2.32. The van der Waals surface area contributed by atoms with Gasteiger partial charge in [0.05, 0.1) is 4.90 Å². The quantitative estimate of drug-likeness (QED) is 0.877. The van der Waals surface area contributed by atoms with E-state index in [0.717, 1.165) is 18.7 Å². The van der Waals surface area contributed by atoms with Crippen LogP contribution >= 0.6 is 15.9 Å². The Bertz CT molecular complexity index is 578. The molecule has 0 bridgehead atoms. The van der Waals surface area contributed by atoms with Gasteiger partial charge in [0.25, 0.3) is 0 Å². The van der Waals surface area contributed by atoms with Gasteiger partial charge in [-0.05, 0) is 65.5 Å². The third-order valence-corrected chi connectivity index (χ3v) is 6.20. The molecule has 2 aliphatic rings. The van der Waals surface area contributed by atoms with Gasteiger partial charge in [0.1, 0.15) is 0 Å². The lowest BCUT2D eigenvalue weighted by molar-refractivity contribution is 0.565. The number of hydrogen-bond donors (Lipinski definition) is 2. The average molecular weight is 331 g/mol. The molecule has 0 amide bonds. The van der Waals surface area contributed by atoms with Crippen LogP contribution in [0.3, 0.4) is 0 Å². The maximum absolute atomic E-state index is 12.3. The van der Waals surface area contributed by atoms with E-state index in [1.807, 2.05) is 19.1 Å². The van der Waals surface area contributed by atoms with Crippen molar-refractivity contribution in [3.63, 3.8) is 0 Å². The zero-order valence-electron chi connectivity index (χ0n) is 9.98. The fraction of sp³-hybridized carbons (Fsp3) is 0.500. The van der Waals surface area contributed by atoms with Crippen LogP contribution in [0.1, 0.15) is 5.56 Å². The Kier molecular flexibility index (Phi) is 3.01. The number of benzene rings is 1. The summed E-state index contributed by atoms with van der Waals surface area (Å²) in [4.78, 5) is 0.325. The van der Waals surface area contributed by atoms with Crippen LogP contribution in [0.15, 0.2) is 27.6 Å². The minimum atomic E-state index is -3.41. The molecule has 1 aromatic rings. The molecule has 1 saturated heterocycles. The summed E-state index contributed by atoms with van der Waals surface area (Å²) in [7, 11) is -3.41. The molecule has 1 aliphatic carbocycles. The van der Waals surface area contributed by atoms with E-state index in [2.05, 4.69) is 26.0 Å². The first-order valence-electron chi connectivity index (χ1n) is 5.98. The number of aryl methyl sites for hydroxylation is 1. The van der Waals surface area contributed by atoms with E-state index < -0.39 is 10.0 Å². The predicted octanol–water partition coefficient (Wildman–Crippen LogP) is 1.25. The molecule has 3 rings (SSSR count). The molecular formula is C12H15BrN2O2S. The fourth-order valence-electron chi connectivity index (χ4n) is 2.66. The molecule has 1 aromatic carbocycles. The van der Waals surface area contributed by atoms with Crippen molar-refractivity contribution < 1.29 is 8.42 Å². The summed E-state index contributed by atoms with van der Waals surface area (Å²) in [5.74, 6) is 0.952. The van der Waals surface area contributed by atoms with Gasteiger partial charge in [-0.2, -0.15) is 0 Å². The van der Waals surface area contributed by atoms with E-state index in [1.165, 1.54) is 0 Å². The normalized spacial score (nSPS) is 30.2. The molecule has 2 N–H and O–H groups in total. The molecule has 98 valence electrons. The Labute approximate surface area is 115 Å². The van der Waals surface area contributed by atoms with Gasteiger partial charge in [-0.15, -0.1) is 0 Å². The number of piperidine rings is 1. The maximum Gasteiger partial charge on any atom is 0.241 e. The van der Waals surface area contributed by atoms with Crippen LogP contribution in [0.5, 0.6) is 0 Å². The van der Waals surface area contributed by atoms with Crippen LogP contribution in [-0.2, 0) is 10.0 Å². The van der Waals surface area contributed by atoms with Crippen molar-refractivity contribution in [2.45, 2.75) is 17.9 Å². The van der Waals surface area contributed by atoms with Crippen molar-refractivity contribution >= 4 is 26.0 Å². The molecule has 6 heteroatoms. The second-order valence-corrected chi connectivity index (χ2v) is 7.60. The number of sulfonamides is 1. The highest BCUT2D eigenvalue weighted by Gasteiger charge is 2.54. The van der Waals surface area contributed by atoms with Gasteiger partial charge in [-0.3, -0.25) is 0 Å². The van der Waals surface area contributed by atoms with Gasteiger partial charge in [0.15, 0.2) is 0 Å². The first-order valence-corrected chi connectivity index (χ1v) is 8.26. The number of fused-ring (bicyclic) bond motifs is 1. The van der Waals surface area contributed by atoms with Gasteiger partial charge in [0, 0.05) is 10.5 Å². The van der Waals surface area contributed by atoms with Crippen LogP contribution in [0.25, 0.3) is 0 Å². The van der Waals surface area contributed by atoms with E-state index >= 15 is 0 Å². The van der Waals surface area contributed by atoms with Crippen LogP contribution in [-0.4, -0.2) is 27.5 Å². The lowest BCUT2D eigenvalue weighted by atomic mass is 10.2. The van der Waals surface area contributed by atoms with Crippen LogP contribution in [0, 0.1) is 18.8 Å². The van der Waals surface area contributed by atoms with E-state index in [0.29, 0.717) is 21.2 Å². The number of hydrogen-bond acceptors (Lipinski definition) is 3. The first kappa shape index (κ1) is 12.6. The summed E-state index contributed by atoms with van der Waals surface area (Å²) in [5, 5.41) is 3.25. The van der Waals surface area contributed by atoms with Crippen molar-refractivity contribution in [1.82, 2.24) is 10.0 Å². The zero-order valence-corrected chi connectivity index (χ0v) is 12.4. The van der Waals surface area contributed by atoms with Crippen molar-refractivity contribution in [3.05, 3.63) is 28.2 Å². The maximum atomic E-state index is 12.3. The summed E-state index contributed by atoms with van der Waals surface area (Å²) in [6.45, 7) is 3.78. The van der Waals surface area contributed by atoms with Gasteiger partial charge in [-0.1, -0.05) is 6.07 Å². The van der Waals surface area contributed by atoms with Crippen molar-refractivity contribution in [1.29, 1.82) is 0 Å². The molecule has 2 atom stereocenters. The van der Waals surface area contributed by atoms with Crippen LogP contribution < -0.4 is 10.0 Å². The highest BCUT2D eigenvalue weighted by atomic mass is 79.9. The molecule has 2 fully saturated rings. The molecule has 2 unspecified atom stereocenters. The zero-order chi connectivity index (χ0) is 12.9. The Morgan fingerprint density at radius 3 is 2.61 bits per heavy atom. The summed E-state index contributed by atoms with van der Waals surface area (Å²) in [5.41, 5.74) is 1.04. The van der Waals surface area contributed by atoms with Crippen LogP contribution in [0.2, 0.25) is 0 Å². The molecule has 0 aromatic heterocycles. The number of nitrogens with one attached hydrogen (secondary N) is 2. The van der Waals surface area contributed by atoms with E-state index in [4.69, 9.17) is 0 Å². The summed E-state index contributed by atoms with van der Waals surface area (Å²) in [6, 6.07) is 5.40. The number of rotatable bonds is 3. The second-order valence-electron chi connectivity index (χ2n) is 5.07. The largest absolute Gasteiger partial charge is 0.316 e. The van der Waals surface area contributed by atoms with E-state index in [-0.39, 0.29) is 6.04 Å². The topological polar surface area (TPSA) is 58.2 Å². The van der Waals surface area contributed by atoms with Gasteiger partial charge < -0.3 is 5.32 Å². The Morgan fingerprint density at radius 2 is 2.00 bits per heavy atom. The first-order chi connectivity index (χ1) is 8.49. The summed E-state index contributed by atoms with van der Waals surface area (Å²) in [6.07, 6.45) is 0. The Morgan fingerprint density at radius 1 is 1.33 bits per heavy atom. The molecule has 0 spiro atoms. The van der Waals surface area contributed by atoms with Crippen molar-refractivity contribution in [2.75, 3.05) is 13.1 Å². The standard InChI is InChI=1S/C12H15BrN2O2S/c1-7-2-3-11(10(13)4-7)18(16,17)15-12-8-5-14-6-9(8)12/h2-4,8-9,12,14-15H,5-6H2,1H3. The van der Waals surface area contributed by atoms with Crippen LogP contribution in [0.4, 0.5) is 0 Å². The molecule has 1 heterocycles. The van der Waals surface area contributed by atoms with E-state index in [1.54, 1.807) is 6.07 Å². The van der Waals surface area contributed by atoms with Gasteiger partial charge >= 0.3 is 0 Å². The molecule has 1 saturated carbocycles. The summed E-state index contributed by atoms with van der Waals surface area (Å²) < 4.78 is 28.0. The van der Waals surface area contributed by atoms with Crippen molar-refractivity contribution in [3.8, 4) is 0 Å². The summed E-state index contributed by atoms with van der Waals surface area (Å²) >= 11 is 3.32.